The van der Waals surface area contributed by atoms with E-state index < -0.39 is 159 Å². The molecule has 33 heteroatoms. The molecule has 15 rings (SSSR count). The van der Waals surface area contributed by atoms with Crippen LogP contribution in [0.3, 0.4) is 0 Å². The van der Waals surface area contributed by atoms with Gasteiger partial charge in [0.1, 0.15) is 17.5 Å². The highest BCUT2D eigenvalue weighted by Gasteiger charge is 2.46. The maximum atomic E-state index is 15.0. The van der Waals surface area contributed by atoms with Crippen molar-refractivity contribution in [1.29, 1.82) is 0 Å². The molecule has 3 saturated heterocycles. The van der Waals surface area contributed by atoms with Gasteiger partial charge in [0.05, 0.1) is 104 Å². The normalized spacial score (nSPS) is 19.2. The summed E-state index contributed by atoms with van der Waals surface area (Å²) in [4.78, 5) is 108. The molecular weight excluding hydrogens is 1760 g/mol. The Morgan fingerprint density at radius 3 is 1.01 bits per heavy atom. The molecule has 3 heterocycles. The van der Waals surface area contributed by atoms with Crippen LogP contribution in [0, 0.1) is 56.0 Å². The van der Waals surface area contributed by atoms with Crippen molar-refractivity contribution < 1.29 is 113 Å². The van der Waals surface area contributed by atoms with Crippen LogP contribution in [0.1, 0.15) is 244 Å². The lowest BCUT2D eigenvalue weighted by molar-refractivity contribution is -0.145. The summed E-state index contributed by atoms with van der Waals surface area (Å²) < 4.78 is 188. The van der Waals surface area contributed by atoms with Crippen molar-refractivity contribution in [2.24, 2.45) is 17.8 Å². The predicted molar refractivity (Wildman–Crippen MR) is 482 cm³/mol. The molecule has 3 aliphatic carbocycles. The molecule has 0 unspecified atom stereocenters. The minimum absolute atomic E-state index is 0.0260. The summed E-state index contributed by atoms with van der Waals surface area (Å²) in [6.07, 6.45) is 1.74. The molecule has 3 saturated carbocycles. The van der Waals surface area contributed by atoms with E-state index in [0.29, 0.717) is 109 Å². The number of nitrogens with zero attached hydrogens (tertiary/aromatic N) is 3. The third kappa shape index (κ3) is 24.3. The second-order valence-corrected chi connectivity index (χ2v) is 34.3. The smallest absolute Gasteiger partial charge is 0.417 e. The number of alkyl halides is 9. The first kappa shape index (κ1) is 97.1. The molecule has 9 aromatic carbocycles. The number of nitrogens with one attached hydrogen (secondary N) is 5. The van der Waals surface area contributed by atoms with E-state index in [1.165, 1.54) is 65.1 Å². The Morgan fingerprint density at radius 2 is 0.694 bits per heavy atom. The molecule has 0 spiro atoms. The van der Waals surface area contributed by atoms with Crippen LogP contribution >= 0.6 is 0 Å². The van der Waals surface area contributed by atoms with Gasteiger partial charge in [0.15, 0.2) is 0 Å². The maximum Gasteiger partial charge on any atom is 0.417 e. The van der Waals surface area contributed by atoms with Crippen molar-refractivity contribution in [3.63, 3.8) is 0 Å². The molecule has 5 amide bonds. The molecule has 6 aliphatic rings. The first-order chi connectivity index (χ1) is 64.5. The second-order valence-electron chi connectivity index (χ2n) is 34.3. The largest absolute Gasteiger partial charge is 0.481 e. The molecule has 9 N–H and O–H groups in total. The van der Waals surface area contributed by atoms with Crippen molar-refractivity contribution in [2.45, 2.75) is 198 Å². The van der Waals surface area contributed by atoms with Crippen LogP contribution in [-0.4, -0.2) is 124 Å². The number of rotatable bonds is 20. The molecule has 9 aromatic rings. The summed E-state index contributed by atoms with van der Waals surface area (Å²) in [6.45, 7) is 2.61. The zero-order valence-electron chi connectivity index (χ0n) is 76.3. The number of aliphatic hydroxyl groups is 1. The summed E-state index contributed by atoms with van der Waals surface area (Å²) in [5.41, 5.74) is 4.87. The van der Waals surface area contributed by atoms with Gasteiger partial charge in [-0.3, -0.25) is 28.8 Å². The number of hydrogen-bond acceptors (Lipinski definition) is 15. The molecule has 21 nitrogen and oxygen atoms in total. The topological polar surface area (TPSA) is 291 Å². The molecule has 3 aliphatic heterocycles. The SMILES string of the molecule is COC(=O)c1ccc(N)cc1C(F)(F)F.COC(=O)c1ccc(NC(=O)[C@H]2CCCN(C(=O)c3c(C)cccc3F)[C@H]2c2ccc(NC3CCCC3)cc2)cc1C(F)(F)F.Cc1cccc(F)c1C(=O)N1CCC[C@H](C(=O)O)[C@@H]1c1ccc(NC2CCCC2)cc1.[2H]C([2H])(O)c1ccc(NC(=O)[C@H]2CCCN(C(=O)c3c(C)cccc3F)[C@H]2c2ccc(NC3CCCC3)cc2)cc1C(F)(F)F. The number of hydrogen-bond donors (Lipinski definition) is 8. The molecular formula is C101H107F12N9O12. The van der Waals surface area contributed by atoms with Gasteiger partial charge in [0.2, 0.25) is 11.8 Å². The fourth-order valence-electron chi connectivity index (χ4n) is 18.8. The predicted octanol–water partition coefficient (Wildman–Crippen LogP) is 22.0. The number of likely N-dealkylation sites (tertiary alicyclic amines) is 3. The van der Waals surface area contributed by atoms with Crippen molar-refractivity contribution in [2.75, 3.05) is 66.2 Å². The lowest BCUT2D eigenvalue weighted by Crippen LogP contribution is -2.46. The number of methoxy groups -OCH3 is 2. The highest BCUT2D eigenvalue weighted by atomic mass is 19.4. The van der Waals surface area contributed by atoms with Crippen molar-refractivity contribution in [1.82, 2.24) is 14.7 Å². The number of carboxylic acids is 1. The number of halogens is 12. The van der Waals surface area contributed by atoms with Crippen molar-refractivity contribution in [3.8, 4) is 0 Å². The summed E-state index contributed by atoms with van der Waals surface area (Å²) in [5.74, 6) is -10.4. The Labute approximate surface area is 770 Å². The molecule has 6 atom stereocenters. The Kier molecular flexibility index (Phi) is 32.1. The van der Waals surface area contributed by atoms with E-state index in [1.807, 2.05) is 72.8 Å². The number of carboxylic acid groups (broad SMARTS) is 1. The average Bonchev–Trinajstić information content (AvgIpc) is 1.19. The standard InChI is InChI=1S/C34H35F4N3O4.C33H35F4N3O3.C25H29FN2O3.C9H8F3NO2/c1-20-7-5-11-28(35)29(20)32(43)41-18-6-10-26(30(41)21-12-14-23(15-13-21)39-22-8-3-4-9-22)31(42)40-24-16-17-25(33(44)45-2)27(19-24)34(36,37)38;1-20-6-4-10-28(34)29(20)32(43)40-17-5-9-26(30(40)21-11-14-24(15-12-21)38-23-7-2-3-8-23)31(42)39-25-16-13-22(19-41)27(18-25)33(35,36)37;1-16-6-4-10-21(26)22(16)24(29)28-15-5-9-20(25(30)31)23(28)17-11-13-19(14-12-17)27-18-7-2-3-8-18;1-15-8(14)6-3-2-5(13)4-7(6)9(10,11)12/h5,7,11-17,19,22,26,30,39H,3-4,6,8-10,18H2,1-2H3,(H,40,42);4,6,10-16,18,23,26,30,38,41H,2-3,5,7-9,17,19H2,1H3,(H,39,42);4,6,10-14,18,20,23,27H,2-3,5,7-9,15H2,1H3,(H,30,31);2-4H,13H2,1H3/t2*26-,30-;20-,23-;/m000./s1/i;19D2;;. The Balaban J connectivity index is 0.000000172. The number of amides is 5. The highest BCUT2D eigenvalue weighted by molar-refractivity contribution is 6.01. The highest BCUT2D eigenvalue weighted by Crippen LogP contribution is 2.46. The number of aliphatic carboxylic acids is 1. The quantitative estimate of drug-likeness (QED) is 0.0200. The van der Waals surface area contributed by atoms with Crippen LogP contribution in [-0.2, 0) is 48.9 Å². The van der Waals surface area contributed by atoms with Crippen molar-refractivity contribution >= 4 is 81.6 Å². The molecule has 6 fully saturated rings. The van der Waals surface area contributed by atoms with E-state index >= 15 is 0 Å². The summed E-state index contributed by atoms with van der Waals surface area (Å²) in [5, 5.41) is 35.2. The van der Waals surface area contributed by atoms with Gasteiger partial charge < -0.3 is 66.7 Å². The van der Waals surface area contributed by atoms with Crippen LogP contribution in [0.5, 0.6) is 0 Å². The van der Waals surface area contributed by atoms with E-state index in [-0.39, 0.29) is 46.8 Å². The van der Waals surface area contributed by atoms with Crippen LogP contribution < -0.4 is 32.3 Å². The van der Waals surface area contributed by atoms with Gasteiger partial charge in [0.25, 0.3) is 17.7 Å². The van der Waals surface area contributed by atoms with E-state index in [2.05, 4.69) is 36.1 Å². The van der Waals surface area contributed by atoms with Crippen LogP contribution in [0.2, 0.25) is 0 Å². The van der Waals surface area contributed by atoms with Crippen LogP contribution in [0.15, 0.2) is 182 Å². The summed E-state index contributed by atoms with van der Waals surface area (Å²) >= 11 is 0. The fourth-order valence-corrected chi connectivity index (χ4v) is 18.8. The van der Waals surface area contributed by atoms with Crippen LogP contribution in [0.4, 0.5) is 86.8 Å². The minimum Gasteiger partial charge on any atom is -0.481 e. The van der Waals surface area contributed by atoms with Gasteiger partial charge in [-0.1, -0.05) is 117 Å². The van der Waals surface area contributed by atoms with Gasteiger partial charge in [-0.2, -0.15) is 39.5 Å². The molecule has 0 bridgehead atoms. The molecule has 0 radical (unpaired) electrons. The number of aryl methyl sites for hydroxylation is 3. The summed E-state index contributed by atoms with van der Waals surface area (Å²) in [6, 6.07) is 42.8. The lowest BCUT2D eigenvalue weighted by Gasteiger charge is -2.41. The number of nitrogens with two attached hydrogens (primary N) is 1. The number of ether oxygens (including phenoxy) is 2. The number of esters is 2. The van der Waals surface area contributed by atoms with Gasteiger partial charge in [-0.25, -0.2) is 22.8 Å². The third-order valence-electron chi connectivity index (χ3n) is 25.4. The molecule has 0 aromatic heterocycles. The van der Waals surface area contributed by atoms with Gasteiger partial charge in [0, 0.05) is 71.9 Å². The lowest BCUT2D eigenvalue weighted by atomic mass is 9.83. The number of piperidine rings is 3. The van der Waals surface area contributed by atoms with E-state index in [1.54, 1.807) is 49.9 Å². The molecule has 134 heavy (non-hydrogen) atoms. The fraction of sp³-hybridized carbons (Fsp3) is 0.386. The Morgan fingerprint density at radius 1 is 0.396 bits per heavy atom. The number of carbonyl (C=O) groups is 8. The van der Waals surface area contributed by atoms with Gasteiger partial charge in [-0.15, -0.1) is 0 Å². The molecule has 712 valence electrons. The first-order valence-electron chi connectivity index (χ1n) is 45.4. The Hall–Kier alpha value is -12.9. The second kappa shape index (κ2) is 44.3. The van der Waals surface area contributed by atoms with Crippen LogP contribution in [0.25, 0.3) is 0 Å². The summed E-state index contributed by atoms with van der Waals surface area (Å²) in [7, 11) is 1.99. The first-order valence-corrected chi connectivity index (χ1v) is 44.4. The number of nitrogen functional groups attached to an aromatic ring is 1. The third-order valence-corrected chi connectivity index (χ3v) is 25.4. The van der Waals surface area contributed by atoms with Crippen molar-refractivity contribution in [3.05, 3.63) is 283 Å². The van der Waals surface area contributed by atoms with E-state index in [9.17, 15) is 101 Å². The number of benzene rings is 9. The maximum absolute atomic E-state index is 15.0. The monoisotopic (exact) mass is 1870 g/mol. The van der Waals surface area contributed by atoms with E-state index in [0.717, 1.165) is 125 Å². The number of anilines is 6. The average molecular weight is 1870 g/mol. The zero-order valence-corrected chi connectivity index (χ0v) is 74.3. The zero-order chi connectivity index (χ0) is 98.4. The van der Waals surface area contributed by atoms with Gasteiger partial charge in [-0.05, 0) is 240 Å². The number of carbonyl (C=O) groups excluding carboxylic acids is 7. The Bertz CT molecular complexity index is 5730. The van der Waals surface area contributed by atoms with E-state index in [4.69, 9.17) is 8.48 Å². The minimum atomic E-state index is -5.01. The van der Waals surface area contributed by atoms with Gasteiger partial charge >= 0.3 is 36.4 Å².